The number of phenols is 1. The van der Waals surface area contributed by atoms with E-state index in [1.54, 1.807) is 6.07 Å². The number of phenolic OH excluding ortho intramolecular Hbond substituents is 1. The Hall–Kier alpha value is -1.67. The molecule has 6 nitrogen and oxygen atoms in total. The molecule has 1 fully saturated rings. The molecule has 0 aromatic heterocycles. The molecule has 3 rings (SSSR count). The lowest BCUT2D eigenvalue weighted by atomic mass is 10.00. The number of carbonyl (C=O) groups is 1. The SMILES string of the molecule is CNC[C@@H]1CCc2cc(O)c(N3CC(=O)NS3=O)c(F)c2CC1. The maximum Gasteiger partial charge on any atom is 0.253 e. The van der Waals surface area contributed by atoms with Gasteiger partial charge in [0.25, 0.3) is 5.91 Å². The Bertz CT molecular complexity index is 668. The molecule has 1 aliphatic heterocycles. The number of nitrogens with zero attached hydrogens (tertiary/aromatic N) is 1. The van der Waals surface area contributed by atoms with E-state index in [-0.39, 0.29) is 18.0 Å². The Morgan fingerprint density at radius 3 is 2.87 bits per heavy atom. The molecule has 1 aromatic carbocycles. The highest BCUT2D eigenvalue weighted by Crippen LogP contribution is 2.39. The molecular formula is C15H20FN3O3S. The van der Waals surface area contributed by atoms with Crippen LogP contribution < -0.4 is 14.3 Å². The number of hydrogen-bond donors (Lipinski definition) is 3. The summed E-state index contributed by atoms with van der Waals surface area (Å²) >= 11 is -1.85. The predicted molar refractivity (Wildman–Crippen MR) is 85.8 cm³/mol. The molecule has 23 heavy (non-hydrogen) atoms. The maximum atomic E-state index is 15.0. The van der Waals surface area contributed by atoms with Gasteiger partial charge in [-0.05, 0) is 62.4 Å². The molecule has 2 atom stereocenters. The molecular weight excluding hydrogens is 321 g/mol. The van der Waals surface area contributed by atoms with Crippen molar-refractivity contribution in [1.29, 1.82) is 0 Å². The zero-order valence-corrected chi connectivity index (χ0v) is 13.7. The number of carbonyl (C=O) groups excluding carboxylic acids is 1. The van der Waals surface area contributed by atoms with Gasteiger partial charge in [0.2, 0.25) is 11.2 Å². The zero-order valence-electron chi connectivity index (χ0n) is 12.9. The van der Waals surface area contributed by atoms with Crippen molar-refractivity contribution in [3.63, 3.8) is 0 Å². The highest BCUT2D eigenvalue weighted by molar-refractivity contribution is 7.85. The molecule has 2 aliphatic rings. The van der Waals surface area contributed by atoms with E-state index in [1.807, 2.05) is 7.05 Å². The Morgan fingerprint density at radius 1 is 1.48 bits per heavy atom. The van der Waals surface area contributed by atoms with E-state index in [4.69, 9.17) is 0 Å². The van der Waals surface area contributed by atoms with Crippen LogP contribution in [0.2, 0.25) is 0 Å². The van der Waals surface area contributed by atoms with Gasteiger partial charge in [0.05, 0.1) is 0 Å². The van der Waals surface area contributed by atoms with Gasteiger partial charge in [0.1, 0.15) is 18.0 Å². The molecule has 0 radical (unpaired) electrons. The fourth-order valence-corrected chi connectivity index (χ4v) is 4.27. The summed E-state index contributed by atoms with van der Waals surface area (Å²) < 4.78 is 30.1. The molecule has 3 N–H and O–H groups in total. The molecule has 0 spiro atoms. The minimum absolute atomic E-state index is 0.146. The lowest BCUT2D eigenvalue weighted by Crippen LogP contribution is -2.24. The molecule has 126 valence electrons. The number of aromatic hydroxyl groups is 1. The summed E-state index contributed by atoms with van der Waals surface area (Å²) in [6, 6.07) is 1.55. The Kier molecular flexibility index (Phi) is 4.54. The quantitative estimate of drug-likeness (QED) is 0.709. The lowest BCUT2D eigenvalue weighted by Gasteiger charge is -2.19. The van der Waals surface area contributed by atoms with Gasteiger partial charge >= 0.3 is 0 Å². The van der Waals surface area contributed by atoms with Crippen LogP contribution in [0.5, 0.6) is 5.75 Å². The van der Waals surface area contributed by atoms with E-state index < -0.39 is 22.9 Å². The minimum Gasteiger partial charge on any atom is -0.506 e. The van der Waals surface area contributed by atoms with Crippen molar-refractivity contribution in [2.24, 2.45) is 5.92 Å². The second kappa shape index (κ2) is 6.45. The Morgan fingerprint density at radius 2 is 2.22 bits per heavy atom. The first-order valence-electron chi connectivity index (χ1n) is 7.68. The van der Waals surface area contributed by atoms with Crippen LogP contribution >= 0.6 is 0 Å². The molecule has 1 heterocycles. The van der Waals surface area contributed by atoms with Crippen molar-refractivity contribution < 1.29 is 18.5 Å². The third-order valence-corrected chi connectivity index (χ3v) is 5.58. The average Bonchev–Trinajstić information content (AvgIpc) is 2.70. The number of anilines is 1. The normalized spacial score (nSPS) is 24.3. The number of fused-ring (bicyclic) bond motifs is 1. The monoisotopic (exact) mass is 341 g/mol. The maximum absolute atomic E-state index is 15.0. The van der Waals surface area contributed by atoms with Crippen LogP contribution in [0.25, 0.3) is 0 Å². The number of halogens is 1. The van der Waals surface area contributed by atoms with E-state index in [2.05, 4.69) is 10.0 Å². The second-order valence-electron chi connectivity index (χ2n) is 6.01. The highest BCUT2D eigenvalue weighted by atomic mass is 32.2. The van der Waals surface area contributed by atoms with E-state index in [1.165, 1.54) is 0 Å². The second-order valence-corrected chi connectivity index (χ2v) is 7.15. The average molecular weight is 341 g/mol. The summed E-state index contributed by atoms with van der Waals surface area (Å²) in [5.74, 6) is -0.819. The van der Waals surface area contributed by atoms with Crippen LogP contribution in [0.4, 0.5) is 10.1 Å². The lowest BCUT2D eigenvalue weighted by molar-refractivity contribution is -0.117. The molecule has 1 aliphatic carbocycles. The first kappa shape index (κ1) is 16.2. The number of hydrogen-bond acceptors (Lipinski definition) is 4. The van der Waals surface area contributed by atoms with Gasteiger partial charge in [-0.3, -0.25) is 13.8 Å². The summed E-state index contributed by atoms with van der Waals surface area (Å²) in [5.41, 5.74) is 1.21. The van der Waals surface area contributed by atoms with Crippen LogP contribution in [-0.2, 0) is 28.8 Å². The van der Waals surface area contributed by atoms with Crippen LogP contribution in [-0.4, -0.2) is 35.4 Å². The van der Waals surface area contributed by atoms with Gasteiger partial charge in [-0.1, -0.05) is 0 Å². The van der Waals surface area contributed by atoms with Crippen molar-refractivity contribution in [2.45, 2.75) is 25.7 Å². The van der Waals surface area contributed by atoms with Crippen LogP contribution in [0.15, 0.2) is 6.07 Å². The fourth-order valence-electron chi connectivity index (χ4n) is 3.33. The van der Waals surface area contributed by atoms with E-state index in [0.717, 1.165) is 29.3 Å². The van der Waals surface area contributed by atoms with E-state index >= 15 is 0 Å². The summed E-state index contributed by atoms with van der Waals surface area (Å²) in [7, 11) is 1.90. The number of aryl methyl sites for hydroxylation is 1. The molecule has 0 bridgehead atoms. The first-order valence-corrected chi connectivity index (χ1v) is 8.78. The van der Waals surface area contributed by atoms with Gasteiger partial charge in [0, 0.05) is 0 Å². The standard InChI is InChI=1S/C15H20FN3O3S/c1-17-7-9-2-4-10-6-12(20)15(14(16)11(10)5-3-9)19-8-13(21)18-23(19)22/h6,9,17,20H,2-5,7-8H2,1H3,(H,18,21)/t9-,23?/m1/s1. The summed E-state index contributed by atoms with van der Waals surface area (Å²) in [6.45, 7) is 0.654. The Balaban J connectivity index is 1.96. The van der Waals surface area contributed by atoms with Gasteiger partial charge in [-0.15, -0.1) is 0 Å². The summed E-state index contributed by atoms with van der Waals surface area (Å²) in [5, 5.41) is 13.4. The van der Waals surface area contributed by atoms with Crippen molar-refractivity contribution in [1.82, 2.24) is 10.0 Å². The number of amides is 1. The van der Waals surface area contributed by atoms with Crippen molar-refractivity contribution in [3.8, 4) is 5.75 Å². The molecule has 0 saturated carbocycles. The fraction of sp³-hybridized carbons (Fsp3) is 0.533. The van der Waals surface area contributed by atoms with Crippen molar-refractivity contribution in [2.75, 3.05) is 24.4 Å². The molecule has 1 amide bonds. The molecule has 1 unspecified atom stereocenters. The van der Waals surface area contributed by atoms with Crippen LogP contribution in [0, 0.1) is 11.7 Å². The van der Waals surface area contributed by atoms with Gasteiger partial charge in [-0.25, -0.2) is 8.60 Å². The van der Waals surface area contributed by atoms with Crippen LogP contribution in [0.1, 0.15) is 24.0 Å². The molecule has 1 aromatic rings. The van der Waals surface area contributed by atoms with Gasteiger partial charge < -0.3 is 10.4 Å². The van der Waals surface area contributed by atoms with Crippen molar-refractivity contribution >= 4 is 22.8 Å². The third-order valence-electron chi connectivity index (χ3n) is 4.47. The summed E-state index contributed by atoms with van der Waals surface area (Å²) in [6.07, 6.45) is 3.06. The number of nitrogens with one attached hydrogen (secondary N) is 2. The van der Waals surface area contributed by atoms with Crippen LogP contribution in [0.3, 0.4) is 0 Å². The van der Waals surface area contributed by atoms with E-state index in [9.17, 15) is 18.5 Å². The third kappa shape index (κ3) is 3.05. The van der Waals surface area contributed by atoms with Gasteiger partial charge in [0.15, 0.2) is 5.82 Å². The van der Waals surface area contributed by atoms with Crippen molar-refractivity contribution in [3.05, 3.63) is 23.0 Å². The zero-order chi connectivity index (χ0) is 16.6. The van der Waals surface area contributed by atoms with Gasteiger partial charge in [-0.2, -0.15) is 0 Å². The van der Waals surface area contributed by atoms with E-state index in [0.29, 0.717) is 24.3 Å². The molecule has 8 heteroatoms. The Labute approximate surface area is 136 Å². The highest BCUT2D eigenvalue weighted by Gasteiger charge is 2.33. The smallest absolute Gasteiger partial charge is 0.253 e. The minimum atomic E-state index is -1.85. The summed E-state index contributed by atoms with van der Waals surface area (Å²) in [4.78, 5) is 11.4. The topological polar surface area (TPSA) is 81.7 Å². The largest absolute Gasteiger partial charge is 0.506 e. The molecule has 1 saturated heterocycles. The number of benzene rings is 1. The number of rotatable bonds is 3. The first-order chi connectivity index (χ1) is 11.0. The predicted octanol–water partition coefficient (Wildman–Crippen LogP) is 0.761.